The zero-order valence-corrected chi connectivity index (χ0v) is 10.00. The molecule has 1 aliphatic rings. The van der Waals surface area contributed by atoms with Crippen LogP contribution in [0.4, 0.5) is 0 Å². The van der Waals surface area contributed by atoms with Crippen molar-refractivity contribution in [3.8, 4) is 5.69 Å². The number of amides is 1. The number of hydrogen-bond donors (Lipinski definition) is 1. The van der Waals surface area contributed by atoms with Crippen LogP contribution in [0.25, 0.3) is 5.69 Å². The molecular weight excluding hydrogens is 230 g/mol. The van der Waals surface area contributed by atoms with Crippen molar-refractivity contribution < 1.29 is 4.79 Å². The molecule has 3 rings (SSSR count). The Bertz CT molecular complexity index is 570. The summed E-state index contributed by atoms with van der Waals surface area (Å²) < 4.78 is 1.63. The lowest BCUT2D eigenvalue weighted by atomic mass is 10.2. The number of hydrogen-bond acceptors (Lipinski definition) is 4. The van der Waals surface area contributed by atoms with Crippen LogP contribution in [0, 0.1) is 6.92 Å². The fourth-order valence-electron chi connectivity index (χ4n) is 1.72. The van der Waals surface area contributed by atoms with Crippen molar-refractivity contribution in [2.24, 2.45) is 0 Å². The van der Waals surface area contributed by atoms with Crippen molar-refractivity contribution in [3.63, 3.8) is 0 Å². The molecule has 18 heavy (non-hydrogen) atoms. The van der Waals surface area contributed by atoms with Gasteiger partial charge in [-0.1, -0.05) is 0 Å². The fraction of sp³-hybridized carbons (Fsp3) is 0.333. The van der Waals surface area contributed by atoms with E-state index >= 15 is 0 Å². The Kier molecular flexibility index (Phi) is 2.55. The Morgan fingerprint density at radius 1 is 1.33 bits per heavy atom. The van der Waals surface area contributed by atoms with Gasteiger partial charge in [0.2, 0.25) is 0 Å². The first-order valence-corrected chi connectivity index (χ1v) is 5.90. The van der Waals surface area contributed by atoms with E-state index in [1.807, 2.05) is 19.1 Å². The molecule has 1 amide bonds. The van der Waals surface area contributed by atoms with E-state index in [2.05, 4.69) is 20.8 Å². The molecule has 1 heterocycles. The Labute approximate surface area is 104 Å². The Morgan fingerprint density at radius 2 is 2.06 bits per heavy atom. The Balaban J connectivity index is 1.80. The number of carbonyl (C=O) groups excluding carboxylic acids is 1. The van der Waals surface area contributed by atoms with E-state index in [9.17, 15) is 4.79 Å². The van der Waals surface area contributed by atoms with Crippen LogP contribution in [-0.2, 0) is 0 Å². The molecule has 2 aromatic rings. The predicted octanol–water partition coefficient (Wildman–Crippen LogP) is 0.863. The third-order valence-corrected chi connectivity index (χ3v) is 2.91. The molecule has 92 valence electrons. The number of rotatable bonds is 3. The molecule has 1 saturated carbocycles. The van der Waals surface area contributed by atoms with Gasteiger partial charge in [0.15, 0.2) is 5.82 Å². The smallest absolute Gasteiger partial charge is 0.251 e. The first-order valence-electron chi connectivity index (χ1n) is 5.90. The molecule has 6 nitrogen and oxygen atoms in total. The molecule has 0 aliphatic heterocycles. The third kappa shape index (κ3) is 2.09. The predicted molar refractivity (Wildman–Crippen MR) is 64.4 cm³/mol. The van der Waals surface area contributed by atoms with Crippen molar-refractivity contribution in [3.05, 3.63) is 35.7 Å². The standard InChI is InChI=1S/C12H13N5O/c1-8-14-15-16-17(8)11-6-2-9(3-7-11)12(18)13-10-4-5-10/h2-3,6-7,10H,4-5H2,1H3,(H,13,18). The largest absolute Gasteiger partial charge is 0.349 e. The van der Waals surface area contributed by atoms with E-state index < -0.39 is 0 Å². The number of carbonyl (C=O) groups is 1. The lowest BCUT2D eigenvalue weighted by Gasteiger charge is -2.05. The quantitative estimate of drug-likeness (QED) is 0.867. The molecule has 0 atom stereocenters. The van der Waals surface area contributed by atoms with Crippen LogP contribution in [0.3, 0.4) is 0 Å². The second-order valence-corrected chi connectivity index (χ2v) is 4.43. The molecule has 0 radical (unpaired) electrons. The van der Waals surface area contributed by atoms with Crippen molar-refractivity contribution >= 4 is 5.91 Å². The van der Waals surface area contributed by atoms with E-state index in [0.717, 1.165) is 18.5 Å². The van der Waals surface area contributed by atoms with Crippen molar-refractivity contribution in [2.75, 3.05) is 0 Å². The van der Waals surface area contributed by atoms with Crippen LogP contribution < -0.4 is 5.32 Å². The Hall–Kier alpha value is -2.24. The van der Waals surface area contributed by atoms with Gasteiger partial charge in [0.1, 0.15) is 0 Å². The molecule has 1 aromatic heterocycles. The molecule has 0 unspecified atom stereocenters. The molecule has 1 fully saturated rings. The fourth-order valence-corrected chi connectivity index (χ4v) is 1.72. The molecule has 0 spiro atoms. The highest BCUT2D eigenvalue weighted by Gasteiger charge is 2.23. The summed E-state index contributed by atoms with van der Waals surface area (Å²) >= 11 is 0. The first kappa shape index (κ1) is 10.9. The summed E-state index contributed by atoms with van der Waals surface area (Å²) in [5.74, 6) is 0.697. The highest BCUT2D eigenvalue weighted by molar-refractivity contribution is 5.94. The number of nitrogens with zero attached hydrogens (tertiary/aromatic N) is 4. The van der Waals surface area contributed by atoms with E-state index in [-0.39, 0.29) is 5.91 Å². The number of tetrazole rings is 1. The van der Waals surface area contributed by atoms with E-state index in [4.69, 9.17) is 0 Å². The van der Waals surface area contributed by atoms with E-state index in [0.29, 0.717) is 17.4 Å². The van der Waals surface area contributed by atoms with Gasteiger partial charge in [-0.3, -0.25) is 4.79 Å². The van der Waals surface area contributed by atoms with Gasteiger partial charge >= 0.3 is 0 Å². The van der Waals surface area contributed by atoms with Crippen LogP contribution in [0.1, 0.15) is 29.0 Å². The average molecular weight is 243 g/mol. The van der Waals surface area contributed by atoms with Gasteiger partial charge in [0.25, 0.3) is 5.91 Å². The zero-order chi connectivity index (χ0) is 12.5. The minimum atomic E-state index is -0.0162. The second-order valence-electron chi connectivity index (χ2n) is 4.43. The molecule has 6 heteroatoms. The van der Waals surface area contributed by atoms with Crippen LogP contribution in [0.5, 0.6) is 0 Å². The van der Waals surface area contributed by atoms with Crippen molar-refractivity contribution in [2.45, 2.75) is 25.8 Å². The summed E-state index contributed by atoms with van der Waals surface area (Å²) in [6, 6.07) is 7.62. The van der Waals surface area contributed by atoms with Crippen LogP contribution in [0.2, 0.25) is 0 Å². The maximum atomic E-state index is 11.8. The van der Waals surface area contributed by atoms with Crippen molar-refractivity contribution in [1.82, 2.24) is 25.5 Å². The molecule has 1 aromatic carbocycles. The minimum Gasteiger partial charge on any atom is -0.349 e. The zero-order valence-electron chi connectivity index (χ0n) is 10.00. The number of benzene rings is 1. The summed E-state index contributed by atoms with van der Waals surface area (Å²) in [6.45, 7) is 1.83. The van der Waals surface area contributed by atoms with Gasteiger partial charge in [-0.25, -0.2) is 0 Å². The van der Waals surface area contributed by atoms with Crippen LogP contribution in [0.15, 0.2) is 24.3 Å². The Morgan fingerprint density at radius 3 is 2.61 bits per heavy atom. The van der Waals surface area contributed by atoms with E-state index in [1.54, 1.807) is 16.8 Å². The van der Waals surface area contributed by atoms with Gasteiger partial charge in [0, 0.05) is 11.6 Å². The van der Waals surface area contributed by atoms with Crippen molar-refractivity contribution in [1.29, 1.82) is 0 Å². The SMILES string of the molecule is Cc1nnnn1-c1ccc(C(=O)NC2CC2)cc1. The summed E-state index contributed by atoms with van der Waals surface area (Å²) in [5, 5.41) is 14.2. The maximum Gasteiger partial charge on any atom is 0.251 e. The summed E-state index contributed by atoms with van der Waals surface area (Å²) in [5.41, 5.74) is 1.51. The first-order chi connectivity index (χ1) is 8.74. The van der Waals surface area contributed by atoms with Gasteiger partial charge in [-0.05, 0) is 54.5 Å². The van der Waals surface area contributed by atoms with Gasteiger partial charge < -0.3 is 5.32 Å². The highest BCUT2D eigenvalue weighted by atomic mass is 16.1. The number of nitrogens with one attached hydrogen (secondary N) is 1. The highest BCUT2D eigenvalue weighted by Crippen LogP contribution is 2.19. The summed E-state index contributed by atoms with van der Waals surface area (Å²) in [6.07, 6.45) is 2.18. The van der Waals surface area contributed by atoms with E-state index in [1.165, 1.54) is 0 Å². The topological polar surface area (TPSA) is 72.7 Å². The average Bonchev–Trinajstić information content (AvgIpc) is 3.09. The minimum absolute atomic E-state index is 0.0162. The maximum absolute atomic E-state index is 11.8. The summed E-state index contributed by atoms with van der Waals surface area (Å²) in [4.78, 5) is 11.8. The van der Waals surface area contributed by atoms with Crippen LogP contribution in [-0.4, -0.2) is 32.2 Å². The lowest BCUT2D eigenvalue weighted by molar-refractivity contribution is 0.0951. The van der Waals surface area contributed by atoms with Gasteiger partial charge in [0.05, 0.1) is 5.69 Å². The molecule has 1 aliphatic carbocycles. The normalized spacial score (nSPS) is 14.5. The monoisotopic (exact) mass is 243 g/mol. The molecule has 1 N–H and O–H groups in total. The lowest BCUT2D eigenvalue weighted by Crippen LogP contribution is -2.25. The van der Waals surface area contributed by atoms with Gasteiger partial charge in [-0.15, -0.1) is 5.10 Å². The molecule has 0 saturated heterocycles. The number of aromatic nitrogens is 4. The summed E-state index contributed by atoms with van der Waals surface area (Å²) in [7, 11) is 0. The van der Waals surface area contributed by atoms with Crippen LogP contribution >= 0.6 is 0 Å². The molecule has 0 bridgehead atoms. The third-order valence-electron chi connectivity index (χ3n) is 2.91. The molecular formula is C12H13N5O. The second kappa shape index (κ2) is 4.21. The van der Waals surface area contributed by atoms with Gasteiger partial charge in [-0.2, -0.15) is 4.68 Å². The number of aryl methyl sites for hydroxylation is 1.